The molecule has 0 atom stereocenters. The topological polar surface area (TPSA) is 56.1 Å². The van der Waals surface area contributed by atoms with Crippen molar-refractivity contribution >= 4 is 17.2 Å². The molecule has 6 heteroatoms. The average Bonchev–Trinajstić information content (AvgIpc) is 3.28. The maximum Gasteiger partial charge on any atom is 0.253 e. The van der Waals surface area contributed by atoms with Crippen molar-refractivity contribution in [2.24, 2.45) is 0 Å². The van der Waals surface area contributed by atoms with Crippen LogP contribution in [0.15, 0.2) is 41.9 Å². The van der Waals surface area contributed by atoms with E-state index in [0.717, 1.165) is 40.7 Å². The zero-order valence-electron chi connectivity index (χ0n) is 16.0. The summed E-state index contributed by atoms with van der Waals surface area (Å²) in [5.74, 6) is -0.0739. The number of hydrogen-bond donors (Lipinski definition) is 1. The molecule has 0 spiro atoms. The zero-order valence-corrected chi connectivity index (χ0v) is 16.8. The highest BCUT2D eigenvalue weighted by atomic mass is 32.1. The lowest BCUT2D eigenvalue weighted by atomic mass is 10.1. The molecular formula is C21H25N3O2S. The minimum atomic E-state index is -0.0739. The van der Waals surface area contributed by atoms with Gasteiger partial charge in [-0.2, -0.15) is 0 Å². The van der Waals surface area contributed by atoms with Crippen LogP contribution >= 0.6 is 11.3 Å². The molecule has 0 fully saturated rings. The van der Waals surface area contributed by atoms with Crippen LogP contribution in [0.5, 0.6) is 0 Å². The van der Waals surface area contributed by atoms with Crippen molar-refractivity contribution in [3.05, 3.63) is 70.0 Å². The van der Waals surface area contributed by atoms with E-state index in [0.29, 0.717) is 18.7 Å². The number of hydrogen-bond acceptors (Lipinski definition) is 4. The summed E-state index contributed by atoms with van der Waals surface area (Å²) in [6.45, 7) is 7.82. The van der Waals surface area contributed by atoms with Gasteiger partial charge in [0.2, 0.25) is 0 Å². The van der Waals surface area contributed by atoms with Crippen molar-refractivity contribution in [3.8, 4) is 5.13 Å². The Bertz CT molecular complexity index is 900. The van der Waals surface area contributed by atoms with Crippen LogP contribution in [0.25, 0.3) is 5.13 Å². The van der Waals surface area contributed by atoms with Crippen molar-refractivity contribution in [1.82, 2.24) is 14.9 Å². The molecule has 2 aromatic heterocycles. The van der Waals surface area contributed by atoms with Gasteiger partial charge in [0.1, 0.15) is 0 Å². The van der Waals surface area contributed by atoms with Gasteiger partial charge in [0.05, 0.1) is 12.2 Å². The van der Waals surface area contributed by atoms with Crippen LogP contribution in [-0.2, 0) is 17.9 Å². The first-order chi connectivity index (χ1) is 13.1. The fraction of sp³-hybridized carbons (Fsp3) is 0.333. The smallest absolute Gasteiger partial charge is 0.253 e. The third kappa shape index (κ3) is 4.46. The normalized spacial score (nSPS) is 10.9. The van der Waals surface area contributed by atoms with Crippen LogP contribution in [0.1, 0.15) is 46.2 Å². The summed E-state index contributed by atoms with van der Waals surface area (Å²) in [6, 6.07) is 9.98. The molecule has 3 rings (SSSR count). The first-order valence-corrected chi connectivity index (χ1v) is 10.0. The number of benzene rings is 1. The van der Waals surface area contributed by atoms with Crippen molar-refractivity contribution in [3.63, 3.8) is 0 Å². The van der Waals surface area contributed by atoms with Crippen molar-refractivity contribution in [2.45, 2.75) is 40.3 Å². The van der Waals surface area contributed by atoms with Gasteiger partial charge in [-0.25, -0.2) is 4.98 Å². The van der Waals surface area contributed by atoms with Crippen LogP contribution in [0, 0.1) is 13.8 Å². The summed E-state index contributed by atoms with van der Waals surface area (Å²) >= 11 is 1.56. The second kappa shape index (κ2) is 8.97. The molecule has 1 amide bonds. The number of ether oxygens (including phenoxy) is 1. The molecule has 1 aromatic carbocycles. The predicted molar refractivity (Wildman–Crippen MR) is 108 cm³/mol. The fourth-order valence-electron chi connectivity index (χ4n) is 3.08. The SMILES string of the molecule is CCCOCc1ccccc1CNC(=O)c1cc(C)n(-c2nccs2)c1C. The van der Waals surface area contributed by atoms with Gasteiger partial charge in [-0.3, -0.25) is 9.36 Å². The van der Waals surface area contributed by atoms with Crippen molar-refractivity contribution in [2.75, 3.05) is 6.61 Å². The lowest BCUT2D eigenvalue weighted by Crippen LogP contribution is -2.24. The molecule has 0 unspecified atom stereocenters. The minimum Gasteiger partial charge on any atom is -0.377 e. The molecule has 0 bridgehead atoms. The lowest BCUT2D eigenvalue weighted by Gasteiger charge is -2.11. The average molecular weight is 384 g/mol. The number of rotatable bonds is 8. The first kappa shape index (κ1) is 19.3. The monoisotopic (exact) mass is 383 g/mol. The Labute approximate surface area is 164 Å². The van der Waals surface area contributed by atoms with Crippen LogP contribution in [-0.4, -0.2) is 22.1 Å². The molecule has 0 saturated heterocycles. The van der Waals surface area contributed by atoms with E-state index in [-0.39, 0.29) is 5.91 Å². The third-order valence-electron chi connectivity index (χ3n) is 4.45. The number of amides is 1. The Morgan fingerprint density at radius 1 is 1.26 bits per heavy atom. The summed E-state index contributed by atoms with van der Waals surface area (Å²) in [4.78, 5) is 17.1. The van der Waals surface area contributed by atoms with Gasteiger partial charge in [-0.05, 0) is 37.5 Å². The molecule has 0 saturated carbocycles. The van der Waals surface area contributed by atoms with Crippen LogP contribution < -0.4 is 5.32 Å². The first-order valence-electron chi connectivity index (χ1n) is 9.13. The number of carbonyl (C=O) groups is 1. The Kier molecular flexibility index (Phi) is 6.42. The van der Waals surface area contributed by atoms with Gasteiger partial charge in [-0.1, -0.05) is 31.2 Å². The van der Waals surface area contributed by atoms with E-state index < -0.39 is 0 Å². The van der Waals surface area contributed by atoms with Gasteiger partial charge in [-0.15, -0.1) is 11.3 Å². The Hall–Kier alpha value is -2.44. The number of nitrogens with zero attached hydrogens (tertiary/aromatic N) is 2. The Morgan fingerprint density at radius 2 is 2.04 bits per heavy atom. The zero-order chi connectivity index (χ0) is 19.2. The molecule has 0 aliphatic rings. The van der Waals surface area contributed by atoms with E-state index in [1.54, 1.807) is 17.5 Å². The molecule has 2 heterocycles. The van der Waals surface area contributed by atoms with Crippen LogP contribution in [0.4, 0.5) is 0 Å². The van der Waals surface area contributed by atoms with E-state index in [4.69, 9.17) is 4.74 Å². The third-order valence-corrected chi connectivity index (χ3v) is 5.21. The number of carbonyl (C=O) groups excluding carboxylic acids is 1. The van der Waals surface area contributed by atoms with E-state index >= 15 is 0 Å². The minimum absolute atomic E-state index is 0.0739. The highest BCUT2D eigenvalue weighted by Gasteiger charge is 2.17. The van der Waals surface area contributed by atoms with E-state index in [9.17, 15) is 4.79 Å². The number of thiazole rings is 1. The fourth-order valence-corrected chi connectivity index (χ4v) is 3.83. The van der Waals surface area contributed by atoms with E-state index in [1.165, 1.54) is 0 Å². The Morgan fingerprint density at radius 3 is 2.74 bits per heavy atom. The predicted octanol–water partition coefficient (Wildman–Crippen LogP) is 4.41. The maximum atomic E-state index is 12.8. The van der Waals surface area contributed by atoms with Gasteiger partial charge in [0.25, 0.3) is 5.91 Å². The molecule has 1 N–H and O–H groups in total. The van der Waals surface area contributed by atoms with Gasteiger partial charge >= 0.3 is 0 Å². The van der Waals surface area contributed by atoms with Crippen molar-refractivity contribution in [1.29, 1.82) is 0 Å². The molecule has 27 heavy (non-hydrogen) atoms. The number of nitrogens with one attached hydrogen (secondary N) is 1. The second-order valence-electron chi connectivity index (χ2n) is 6.44. The number of aryl methyl sites for hydroxylation is 1. The molecule has 0 radical (unpaired) electrons. The van der Waals surface area contributed by atoms with E-state index in [1.807, 2.05) is 54.1 Å². The van der Waals surface area contributed by atoms with E-state index in [2.05, 4.69) is 17.2 Å². The summed E-state index contributed by atoms with van der Waals surface area (Å²) in [5.41, 5.74) is 4.78. The summed E-state index contributed by atoms with van der Waals surface area (Å²) < 4.78 is 7.68. The molecule has 142 valence electrons. The van der Waals surface area contributed by atoms with Gasteiger partial charge in [0.15, 0.2) is 5.13 Å². The summed E-state index contributed by atoms with van der Waals surface area (Å²) in [7, 11) is 0. The molecule has 0 aliphatic heterocycles. The Balaban J connectivity index is 1.71. The van der Waals surface area contributed by atoms with Gasteiger partial charge in [0, 0.05) is 36.1 Å². The maximum absolute atomic E-state index is 12.8. The molecule has 3 aromatic rings. The highest BCUT2D eigenvalue weighted by molar-refractivity contribution is 7.12. The molecule has 0 aliphatic carbocycles. The van der Waals surface area contributed by atoms with Crippen LogP contribution in [0.3, 0.4) is 0 Å². The summed E-state index contributed by atoms with van der Waals surface area (Å²) in [6.07, 6.45) is 2.77. The van der Waals surface area contributed by atoms with Crippen molar-refractivity contribution < 1.29 is 9.53 Å². The molecular weight excluding hydrogens is 358 g/mol. The van der Waals surface area contributed by atoms with Gasteiger partial charge < -0.3 is 10.1 Å². The van der Waals surface area contributed by atoms with Crippen LogP contribution in [0.2, 0.25) is 0 Å². The standard InChI is InChI=1S/C21H25N3O2S/c1-4-10-26-14-18-8-6-5-7-17(18)13-23-20(25)19-12-15(2)24(16(19)3)21-22-9-11-27-21/h5-9,11-12H,4,10,13-14H2,1-3H3,(H,23,25). The number of aromatic nitrogens is 2. The highest BCUT2D eigenvalue weighted by Crippen LogP contribution is 2.22. The lowest BCUT2D eigenvalue weighted by molar-refractivity contribution is 0.0948. The second-order valence-corrected chi connectivity index (χ2v) is 7.31. The summed E-state index contributed by atoms with van der Waals surface area (Å²) in [5, 5.41) is 5.86. The quantitative estimate of drug-likeness (QED) is 0.586. The largest absolute Gasteiger partial charge is 0.377 e. The molecule has 5 nitrogen and oxygen atoms in total.